The molecule has 0 amide bonds. The van der Waals surface area contributed by atoms with Crippen molar-refractivity contribution in [3.63, 3.8) is 0 Å². The van der Waals surface area contributed by atoms with E-state index in [4.69, 9.17) is 0 Å². The summed E-state index contributed by atoms with van der Waals surface area (Å²) in [4.78, 5) is 0. The van der Waals surface area contributed by atoms with E-state index in [9.17, 15) is 13.2 Å². The molecule has 1 N–H and O–H groups in total. The van der Waals surface area contributed by atoms with Crippen molar-refractivity contribution in [2.24, 2.45) is 0 Å². The van der Waals surface area contributed by atoms with Crippen LogP contribution in [0.25, 0.3) is 0 Å². The second-order valence-electron chi connectivity index (χ2n) is 4.37. The van der Waals surface area contributed by atoms with Crippen LogP contribution in [0.1, 0.15) is 37.8 Å². The van der Waals surface area contributed by atoms with Crippen LogP contribution in [-0.4, -0.2) is 22.0 Å². The maximum absolute atomic E-state index is 12.6. The fourth-order valence-electron chi connectivity index (χ4n) is 2.19. The molecule has 2 unspecified atom stereocenters. The van der Waals surface area contributed by atoms with E-state index in [0.29, 0.717) is 6.42 Å². The molecule has 1 aliphatic heterocycles. The third-order valence-corrected chi connectivity index (χ3v) is 3.16. The van der Waals surface area contributed by atoms with Crippen LogP contribution < -0.4 is 5.32 Å². The minimum Gasteiger partial charge on any atom is -0.299 e. The summed E-state index contributed by atoms with van der Waals surface area (Å²) in [5.41, 5.74) is 0.848. The minimum absolute atomic E-state index is 0.169. The lowest BCUT2D eigenvalue weighted by Gasteiger charge is -2.31. The van der Waals surface area contributed by atoms with E-state index in [-0.39, 0.29) is 12.5 Å². The largest absolute Gasteiger partial charge is 0.403 e. The fourth-order valence-corrected chi connectivity index (χ4v) is 2.19. The zero-order valence-electron chi connectivity index (χ0n) is 9.67. The average Bonchev–Trinajstić information content (AvgIpc) is 2.76. The zero-order valence-corrected chi connectivity index (χ0v) is 9.67. The minimum atomic E-state index is -4.15. The van der Waals surface area contributed by atoms with Crippen molar-refractivity contribution in [2.45, 2.75) is 51.0 Å². The van der Waals surface area contributed by atoms with Crippen molar-refractivity contribution in [3.05, 3.63) is 18.0 Å². The molecular formula is C11H16F3N3. The number of nitrogens with zero attached hydrogens (tertiary/aromatic N) is 2. The number of alkyl halides is 3. The third kappa shape index (κ3) is 2.80. The fraction of sp³-hybridized carbons (Fsp3) is 0.727. The molecule has 1 saturated heterocycles. The molecule has 6 heteroatoms. The SMILES string of the molecule is CCn1cc(C2CCCC(C(F)(F)F)N2)cn1. The average molecular weight is 247 g/mol. The molecule has 0 aromatic carbocycles. The molecule has 1 aliphatic rings. The van der Waals surface area contributed by atoms with Crippen LogP contribution in [0.2, 0.25) is 0 Å². The van der Waals surface area contributed by atoms with Gasteiger partial charge in [0.15, 0.2) is 0 Å². The summed E-state index contributed by atoms with van der Waals surface area (Å²) in [6.07, 6.45) is 0.818. The Balaban J connectivity index is 2.06. The molecule has 2 heterocycles. The molecule has 1 aromatic rings. The molecule has 96 valence electrons. The van der Waals surface area contributed by atoms with Crippen LogP contribution in [0.15, 0.2) is 12.4 Å². The molecule has 1 fully saturated rings. The summed E-state index contributed by atoms with van der Waals surface area (Å²) < 4.78 is 39.6. The summed E-state index contributed by atoms with van der Waals surface area (Å²) in [6.45, 7) is 2.68. The Bertz CT molecular complexity index is 372. The first-order chi connectivity index (χ1) is 8.00. The summed E-state index contributed by atoms with van der Waals surface area (Å²) in [6, 6.07) is -1.61. The maximum Gasteiger partial charge on any atom is 0.403 e. The molecule has 2 atom stereocenters. The Morgan fingerprint density at radius 3 is 2.82 bits per heavy atom. The van der Waals surface area contributed by atoms with Crippen LogP contribution >= 0.6 is 0 Å². The lowest BCUT2D eigenvalue weighted by Crippen LogP contribution is -2.46. The third-order valence-electron chi connectivity index (χ3n) is 3.16. The van der Waals surface area contributed by atoms with Gasteiger partial charge in [-0.05, 0) is 26.2 Å². The van der Waals surface area contributed by atoms with Crippen molar-refractivity contribution in [1.29, 1.82) is 0 Å². The van der Waals surface area contributed by atoms with Gasteiger partial charge < -0.3 is 0 Å². The number of rotatable bonds is 2. The van der Waals surface area contributed by atoms with Crippen molar-refractivity contribution >= 4 is 0 Å². The highest BCUT2D eigenvalue weighted by Crippen LogP contribution is 2.32. The lowest BCUT2D eigenvalue weighted by molar-refractivity contribution is -0.163. The highest BCUT2D eigenvalue weighted by atomic mass is 19.4. The summed E-state index contributed by atoms with van der Waals surface area (Å²) in [5, 5.41) is 6.76. The molecule has 0 bridgehead atoms. The second kappa shape index (κ2) is 4.68. The standard InChI is InChI=1S/C11H16F3N3/c1-2-17-7-8(6-15-17)9-4-3-5-10(16-9)11(12,13)14/h6-7,9-10,16H,2-5H2,1H3. The normalized spacial score (nSPS) is 26.1. The van der Waals surface area contributed by atoms with Crippen LogP contribution in [-0.2, 0) is 6.54 Å². The van der Waals surface area contributed by atoms with E-state index in [0.717, 1.165) is 18.5 Å². The van der Waals surface area contributed by atoms with E-state index in [1.54, 1.807) is 10.9 Å². The Morgan fingerprint density at radius 2 is 2.24 bits per heavy atom. The molecule has 0 saturated carbocycles. The van der Waals surface area contributed by atoms with Gasteiger partial charge in [-0.2, -0.15) is 18.3 Å². The number of piperidine rings is 1. The lowest BCUT2D eigenvalue weighted by atomic mass is 9.95. The van der Waals surface area contributed by atoms with E-state index in [1.807, 2.05) is 13.1 Å². The van der Waals surface area contributed by atoms with E-state index >= 15 is 0 Å². The van der Waals surface area contributed by atoms with Gasteiger partial charge in [-0.1, -0.05) is 0 Å². The van der Waals surface area contributed by atoms with Crippen LogP contribution in [0.4, 0.5) is 13.2 Å². The van der Waals surface area contributed by atoms with Crippen molar-refractivity contribution in [3.8, 4) is 0 Å². The maximum atomic E-state index is 12.6. The number of aryl methyl sites for hydroxylation is 1. The molecular weight excluding hydrogens is 231 g/mol. The molecule has 1 aromatic heterocycles. The van der Waals surface area contributed by atoms with Gasteiger partial charge in [0, 0.05) is 24.3 Å². The van der Waals surface area contributed by atoms with Gasteiger partial charge in [-0.25, -0.2) is 0 Å². The topological polar surface area (TPSA) is 29.9 Å². The van der Waals surface area contributed by atoms with Gasteiger partial charge in [0.2, 0.25) is 0 Å². The van der Waals surface area contributed by atoms with Gasteiger partial charge in [0.1, 0.15) is 6.04 Å². The number of aromatic nitrogens is 2. The molecule has 3 nitrogen and oxygen atoms in total. The van der Waals surface area contributed by atoms with Gasteiger partial charge in [0.25, 0.3) is 0 Å². The molecule has 0 spiro atoms. The first kappa shape index (κ1) is 12.4. The van der Waals surface area contributed by atoms with E-state index < -0.39 is 12.2 Å². The Kier molecular flexibility index (Phi) is 3.42. The number of halogens is 3. The van der Waals surface area contributed by atoms with Crippen LogP contribution in [0.5, 0.6) is 0 Å². The summed E-state index contributed by atoms with van der Waals surface area (Å²) in [7, 11) is 0. The quantitative estimate of drug-likeness (QED) is 0.870. The van der Waals surface area contributed by atoms with Gasteiger partial charge in [-0.3, -0.25) is 10.00 Å². The first-order valence-electron chi connectivity index (χ1n) is 5.86. The predicted molar refractivity (Wildman–Crippen MR) is 57.5 cm³/mol. The van der Waals surface area contributed by atoms with Crippen molar-refractivity contribution < 1.29 is 13.2 Å². The highest BCUT2D eigenvalue weighted by molar-refractivity contribution is 5.12. The molecule has 17 heavy (non-hydrogen) atoms. The first-order valence-corrected chi connectivity index (χ1v) is 5.86. The molecule has 0 radical (unpaired) electrons. The summed E-state index contributed by atoms with van der Waals surface area (Å²) in [5.74, 6) is 0. The number of nitrogens with one attached hydrogen (secondary N) is 1. The zero-order chi connectivity index (χ0) is 12.5. The van der Waals surface area contributed by atoms with Gasteiger partial charge >= 0.3 is 6.18 Å². The highest BCUT2D eigenvalue weighted by Gasteiger charge is 2.42. The van der Waals surface area contributed by atoms with Crippen molar-refractivity contribution in [2.75, 3.05) is 0 Å². The van der Waals surface area contributed by atoms with Crippen LogP contribution in [0.3, 0.4) is 0 Å². The number of hydrogen-bond donors (Lipinski definition) is 1. The second-order valence-corrected chi connectivity index (χ2v) is 4.37. The molecule has 2 rings (SSSR count). The Morgan fingerprint density at radius 1 is 1.47 bits per heavy atom. The van der Waals surface area contributed by atoms with Crippen LogP contribution in [0, 0.1) is 0 Å². The number of hydrogen-bond acceptors (Lipinski definition) is 2. The van der Waals surface area contributed by atoms with E-state index in [2.05, 4.69) is 10.4 Å². The van der Waals surface area contributed by atoms with Gasteiger partial charge in [-0.15, -0.1) is 0 Å². The Labute approximate surface area is 98.0 Å². The Hall–Kier alpha value is -1.04. The van der Waals surface area contributed by atoms with Gasteiger partial charge in [0.05, 0.1) is 6.20 Å². The summed E-state index contributed by atoms with van der Waals surface area (Å²) >= 11 is 0. The van der Waals surface area contributed by atoms with E-state index in [1.165, 1.54) is 0 Å². The molecule has 0 aliphatic carbocycles. The monoisotopic (exact) mass is 247 g/mol. The van der Waals surface area contributed by atoms with Crippen molar-refractivity contribution in [1.82, 2.24) is 15.1 Å². The smallest absolute Gasteiger partial charge is 0.299 e. The predicted octanol–water partition coefficient (Wildman–Crippen LogP) is 2.65.